The quantitative estimate of drug-likeness (QED) is 0.498. The fourth-order valence-corrected chi connectivity index (χ4v) is 2.03. The van der Waals surface area contributed by atoms with Crippen LogP contribution in [0.2, 0.25) is 0 Å². The zero-order valence-electron chi connectivity index (χ0n) is 13.0. The van der Waals surface area contributed by atoms with Crippen LogP contribution in [-0.2, 0) is 4.74 Å². The van der Waals surface area contributed by atoms with Crippen molar-refractivity contribution in [2.75, 3.05) is 25.6 Å². The Hall–Kier alpha value is -1.51. The summed E-state index contributed by atoms with van der Waals surface area (Å²) in [6.45, 7) is 2.74. The first-order chi connectivity index (χ1) is 9.65. The highest BCUT2D eigenvalue weighted by molar-refractivity contribution is 5.89. The molecule has 112 valence electrons. The maximum atomic E-state index is 11.8. The summed E-state index contributed by atoms with van der Waals surface area (Å²) < 4.78 is 5.28. The predicted octanol–water partition coefficient (Wildman–Crippen LogP) is 4.27. The Labute approximate surface area is 122 Å². The fraction of sp³-hybridized carbons (Fsp3) is 0.588. The molecule has 3 nitrogen and oxygen atoms in total. The zero-order chi connectivity index (χ0) is 14.8. The number of hydrogen-bond donors (Lipinski definition) is 0. The van der Waals surface area contributed by atoms with Crippen LogP contribution < -0.4 is 4.90 Å². The molecule has 20 heavy (non-hydrogen) atoms. The van der Waals surface area contributed by atoms with Crippen LogP contribution >= 0.6 is 0 Å². The van der Waals surface area contributed by atoms with E-state index in [1.807, 2.05) is 43.3 Å². The Bertz CT molecular complexity index is 384. The van der Waals surface area contributed by atoms with E-state index in [0.717, 1.165) is 18.5 Å². The summed E-state index contributed by atoms with van der Waals surface area (Å²) in [5, 5.41) is 0. The van der Waals surface area contributed by atoms with Crippen LogP contribution in [0.4, 0.5) is 5.69 Å². The Kier molecular flexibility index (Phi) is 7.78. The molecular weight excluding hydrogens is 250 g/mol. The van der Waals surface area contributed by atoms with E-state index in [9.17, 15) is 4.79 Å². The van der Waals surface area contributed by atoms with E-state index in [1.54, 1.807) is 0 Å². The van der Waals surface area contributed by atoms with Crippen LogP contribution in [0.15, 0.2) is 24.3 Å². The highest BCUT2D eigenvalue weighted by Crippen LogP contribution is 2.13. The lowest BCUT2D eigenvalue weighted by molar-refractivity contribution is 0.0497. The molecule has 0 spiro atoms. The van der Waals surface area contributed by atoms with Gasteiger partial charge in [0.1, 0.15) is 0 Å². The van der Waals surface area contributed by atoms with Gasteiger partial charge < -0.3 is 9.64 Å². The lowest BCUT2D eigenvalue weighted by Gasteiger charge is -2.12. The molecular formula is C17H27NO2. The van der Waals surface area contributed by atoms with Crippen LogP contribution in [0.1, 0.15) is 55.8 Å². The number of ether oxygens (including phenoxy) is 1. The molecule has 1 rings (SSSR count). The third-order valence-electron chi connectivity index (χ3n) is 3.35. The van der Waals surface area contributed by atoms with Crippen LogP contribution in [-0.4, -0.2) is 26.7 Å². The Balaban J connectivity index is 2.22. The minimum Gasteiger partial charge on any atom is -0.462 e. The van der Waals surface area contributed by atoms with E-state index in [0.29, 0.717) is 12.2 Å². The number of benzene rings is 1. The maximum Gasteiger partial charge on any atom is 0.338 e. The number of rotatable bonds is 9. The molecule has 0 unspecified atom stereocenters. The Morgan fingerprint density at radius 3 is 2.20 bits per heavy atom. The molecule has 0 amide bonds. The van der Waals surface area contributed by atoms with Crippen LogP contribution in [0.5, 0.6) is 0 Å². The van der Waals surface area contributed by atoms with Crippen molar-refractivity contribution in [2.24, 2.45) is 0 Å². The first-order valence-corrected chi connectivity index (χ1v) is 7.59. The second-order valence-corrected chi connectivity index (χ2v) is 5.34. The first kappa shape index (κ1) is 16.5. The molecule has 1 aromatic carbocycles. The molecule has 0 fully saturated rings. The van der Waals surface area contributed by atoms with E-state index in [4.69, 9.17) is 4.74 Å². The number of unbranched alkanes of at least 4 members (excludes halogenated alkanes) is 5. The highest BCUT2D eigenvalue weighted by Gasteiger charge is 2.06. The van der Waals surface area contributed by atoms with E-state index in [2.05, 4.69) is 6.92 Å². The third-order valence-corrected chi connectivity index (χ3v) is 3.35. The van der Waals surface area contributed by atoms with E-state index < -0.39 is 0 Å². The molecule has 0 aliphatic carbocycles. The summed E-state index contributed by atoms with van der Waals surface area (Å²) >= 11 is 0. The molecule has 0 aromatic heterocycles. The number of carbonyl (C=O) groups is 1. The van der Waals surface area contributed by atoms with E-state index in [-0.39, 0.29) is 5.97 Å². The number of anilines is 1. The molecule has 0 atom stereocenters. The molecule has 1 aromatic rings. The fourth-order valence-electron chi connectivity index (χ4n) is 2.03. The molecule has 0 N–H and O–H groups in total. The molecule has 0 saturated heterocycles. The van der Waals surface area contributed by atoms with Gasteiger partial charge in [-0.2, -0.15) is 0 Å². The molecule has 0 aliphatic rings. The average Bonchev–Trinajstić information content (AvgIpc) is 2.46. The maximum absolute atomic E-state index is 11.8. The van der Waals surface area contributed by atoms with Gasteiger partial charge in [0.25, 0.3) is 0 Å². The summed E-state index contributed by atoms with van der Waals surface area (Å²) in [4.78, 5) is 13.8. The lowest BCUT2D eigenvalue weighted by Crippen LogP contribution is -2.10. The molecule has 0 saturated carbocycles. The smallest absolute Gasteiger partial charge is 0.338 e. The standard InChI is InChI=1S/C17H27NO2/c1-4-5-6-7-8-9-14-20-17(19)15-10-12-16(13-11-15)18(2)3/h10-13H,4-9,14H2,1-3H3. The van der Waals surface area contributed by atoms with Gasteiger partial charge in [0.15, 0.2) is 0 Å². The van der Waals surface area contributed by atoms with Gasteiger partial charge >= 0.3 is 5.97 Å². The lowest BCUT2D eigenvalue weighted by atomic mass is 10.1. The summed E-state index contributed by atoms with van der Waals surface area (Å²) in [5.74, 6) is -0.219. The summed E-state index contributed by atoms with van der Waals surface area (Å²) in [7, 11) is 3.96. The van der Waals surface area contributed by atoms with Gasteiger partial charge in [0.2, 0.25) is 0 Å². The third kappa shape index (κ3) is 6.09. The minimum absolute atomic E-state index is 0.219. The van der Waals surface area contributed by atoms with Crippen molar-refractivity contribution in [3.8, 4) is 0 Å². The van der Waals surface area contributed by atoms with Gasteiger partial charge in [-0.15, -0.1) is 0 Å². The Morgan fingerprint density at radius 1 is 1.00 bits per heavy atom. The SMILES string of the molecule is CCCCCCCCOC(=O)c1ccc(N(C)C)cc1. The monoisotopic (exact) mass is 277 g/mol. The molecule has 0 heterocycles. The summed E-state index contributed by atoms with van der Waals surface area (Å²) in [6, 6.07) is 7.50. The van der Waals surface area contributed by atoms with Gasteiger partial charge in [0, 0.05) is 19.8 Å². The second kappa shape index (κ2) is 9.40. The predicted molar refractivity (Wildman–Crippen MR) is 84.4 cm³/mol. The van der Waals surface area contributed by atoms with Crippen molar-refractivity contribution in [3.63, 3.8) is 0 Å². The van der Waals surface area contributed by atoms with Crippen molar-refractivity contribution >= 4 is 11.7 Å². The van der Waals surface area contributed by atoms with Gasteiger partial charge in [-0.05, 0) is 30.7 Å². The topological polar surface area (TPSA) is 29.5 Å². The normalized spacial score (nSPS) is 10.3. The van der Waals surface area contributed by atoms with Crippen LogP contribution in [0, 0.1) is 0 Å². The van der Waals surface area contributed by atoms with Crippen LogP contribution in [0.3, 0.4) is 0 Å². The number of esters is 1. The van der Waals surface area contributed by atoms with Crippen LogP contribution in [0.25, 0.3) is 0 Å². The minimum atomic E-state index is -0.219. The largest absolute Gasteiger partial charge is 0.462 e. The van der Waals surface area contributed by atoms with Crippen molar-refractivity contribution in [2.45, 2.75) is 45.4 Å². The van der Waals surface area contributed by atoms with Crippen molar-refractivity contribution in [3.05, 3.63) is 29.8 Å². The number of carbonyl (C=O) groups excluding carboxylic acids is 1. The average molecular weight is 277 g/mol. The zero-order valence-corrected chi connectivity index (χ0v) is 13.0. The highest BCUT2D eigenvalue weighted by atomic mass is 16.5. The van der Waals surface area contributed by atoms with E-state index >= 15 is 0 Å². The van der Waals surface area contributed by atoms with Crippen molar-refractivity contribution in [1.82, 2.24) is 0 Å². The molecule has 0 bridgehead atoms. The molecule has 0 aliphatic heterocycles. The Morgan fingerprint density at radius 2 is 1.60 bits per heavy atom. The van der Waals surface area contributed by atoms with Crippen molar-refractivity contribution < 1.29 is 9.53 Å². The van der Waals surface area contributed by atoms with Gasteiger partial charge in [-0.1, -0.05) is 39.0 Å². The van der Waals surface area contributed by atoms with Gasteiger partial charge in [-0.3, -0.25) is 0 Å². The number of hydrogen-bond acceptors (Lipinski definition) is 3. The van der Waals surface area contributed by atoms with Gasteiger partial charge in [0.05, 0.1) is 12.2 Å². The summed E-state index contributed by atoms with van der Waals surface area (Å²) in [5.41, 5.74) is 1.71. The molecule has 3 heteroatoms. The number of nitrogens with zero attached hydrogens (tertiary/aromatic N) is 1. The first-order valence-electron chi connectivity index (χ1n) is 7.59. The second-order valence-electron chi connectivity index (χ2n) is 5.34. The molecule has 0 radical (unpaired) electrons. The van der Waals surface area contributed by atoms with Crippen molar-refractivity contribution in [1.29, 1.82) is 0 Å². The van der Waals surface area contributed by atoms with E-state index in [1.165, 1.54) is 25.7 Å². The van der Waals surface area contributed by atoms with Gasteiger partial charge in [-0.25, -0.2) is 4.79 Å². The summed E-state index contributed by atoms with van der Waals surface area (Å²) in [6.07, 6.45) is 7.20.